The molecule has 2 rings (SSSR count). The monoisotopic (exact) mass is 250 g/mol. The summed E-state index contributed by atoms with van der Waals surface area (Å²) in [5.74, 6) is -1.02. The highest BCUT2D eigenvalue weighted by Crippen LogP contribution is 2.38. The van der Waals surface area contributed by atoms with E-state index >= 15 is 0 Å². The first-order valence-corrected chi connectivity index (χ1v) is 5.61. The Kier molecular flexibility index (Phi) is 3.32. The summed E-state index contributed by atoms with van der Waals surface area (Å²) in [6, 6.07) is 2.97. The molecule has 0 amide bonds. The van der Waals surface area contributed by atoms with E-state index in [1.165, 1.54) is 16.8 Å². The van der Waals surface area contributed by atoms with Gasteiger partial charge in [-0.1, -0.05) is 0 Å². The van der Waals surface area contributed by atoms with Crippen molar-refractivity contribution in [2.75, 3.05) is 12.3 Å². The van der Waals surface area contributed by atoms with Crippen molar-refractivity contribution in [2.45, 2.75) is 18.6 Å². The summed E-state index contributed by atoms with van der Waals surface area (Å²) >= 11 is 0. The number of hydrogen-bond donors (Lipinski definition) is 3. The minimum Gasteiger partial charge on any atom is -0.396 e. The molecule has 0 aromatic carbocycles. The van der Waals surface area contributed by atoms with Crippen LogP contribution in [0.1, 0.15) is 12.5 Å². The van der Waals surface area contributed by atoms with Crippen LogP contribution in [0.3, 0.4) is 0 Å². The van der Waals surface area contributed by atoms with Gasteiger partial charge in [0, 0.05) is 18.7 Å². The summed E-state index contributed by atoms with van der Waals surface area (Å²) < 4.78 is 1.29. The highest BCUT2D eigenvalue weighted by molar-refractivity contribution is 5.24. The number of aromatic nitrogens is 2. The van der Waals surface area contributed by atoms with Gasteiger partial charge in [0.1, 0.15) is 5.82 Å². The van der Waals surface area contributed by atoms with Crippen LogP contribution in [0.15, 0.2) is 17.1 Å². The van der Waals surface area contributed by atoms with Gasteiger partial charge in [-0.15, -0.1) is 0 Å². The van der Waals surface area contributed by atoms with Crippen molar-refractivity contribution in [3.05, 3.63) is 22.7 Å². The van der Waals surface area contributed by atoms with Crippen LogP contribution in [0.4, 0.5) is 5.82 Å². The van der Waals surface area contributed by atoms with E-state index in [4.69, 9.17) is 16.1 Å². The maximum Gasteiger partial charge on any atom is 0.349 e. The molecule has 1 aliphatic carbocycles. The lowest BCUT2D eigenvalue weighted by molar-refractivity contribution is 0.0730. The van der Waals surface area contributed by atoms with Gasteiger partial charge in [-0.3, -0.25) is 4.57 Å². The maximum atomic E-state index is 11.7. The van der Waals surface area contributed by atoms with E-state index in [1.54, 1.807) is 0 Å². The van der Waals surface area contributed by atoms with Crippen LogP contribution in [0.5, 0.6) is 0 Å². The number of hydrogen-bond acceptors (Lipinski definition) is 6. The van der Waals surface area contributed by atoms with Gasteiger partial charge in [0.15, 0.2) is 0 Å². The number of rotatable bonds is 2. The summed E-state index contributed by atoms with van der Waals surface area (Å²) in [6.07, 6.45) is 0.891. The second-order valence-corrected chi connectivity index (χ2v) is 4.43. The van der Waals surface area contributed by atoms with Crippen molar-refractivity contribution in [3.63, 3.8) is 0 Å². The third-order valence-electron chi connectivity index (χ3n) is 3.40. The molecule has 0 saturated heterocycles. The van der Waals surface area contributed by atoms with E-state index in [0.717, 1.165) is 0 Å². The molecule has 1 aromatic rings. The molecule has 0 spiro atoms. The van der Waals surface area contributed by atoms with Crippen LogP contribution in [-0.2, 0) is 0 Å². The molecule has 4 N–H and O–H groups in total. The zero-order valence-electron chi connectivity index (χ0n) is 9.60. The topological polar surface area (TPSA) is 125 Å². The molecule has 7 heteroatoms. The Morgan fingerprint density at radius 1 is 1.67 bits per heavy atom. The quantitative estimate of drug-likeness (QED) is 0.610. The van der Waals surface area contributed by atoms with Gasteiger partial charge in [0.25, 0.3) is 0 Å². The molecule has 7 nitrogen and oxygen atoms in total. The first-order valence-electron chi connectivity index (χ1n) is 5.61. The van der Waals surface area contributed by atoms with Gasteiger partial charge >= 0.3 is 5.69 Å². The highest BCUT2D eigenvalue weighted by Gasteiger charge is 2.43. The zero-order chi connectivity index (χ0) is 13.3. The second-order valence-electron chi connectivity index (χ2n) is 4.43. The predicted molar refractivity (Wildman–Crippen MR) is 62.2 cm³/mol. The van der Waals surface area contributed by atoms with Gasteiger partial charge in [-0.25, -0.2) is 4.79 Å². The summed E-state index contributed by atoms with van der Waals surface area (Å²) in [6.45, 7) is -0.215. The molecule has 18 heavy (non-hydrogen) atoms. The predicted octanol–water partition coefficient (Wildman–Crippen LogP) is -1.12. The molecule has 1 saturated carbocycles. The third kappa shape index (κ3) is 1.96. The Hall–Kier alpha value is -1.91. The lowest BCUT2D eigenvalue weighted by Gasteiger charge is -2.17. The first kappa shape index (κ1) is 12.5. The van der Waals surface area contributed by atoms with Crippen LogP contribution in [0.25, 0.3) is 0 Å². The normalized spacial score (nSPS) is 31.2. The van der Waals surface area contributed by atoms with Crippen molar-refractivity contribution in [2.24, 2.45) is 11.8 Å². The number of aliphatic hydroxyl groups is 2. The SMILES string of the molecule is N#C[C@@H]1C(n2ccc(N)nc2=O)C[C@H](CO)[C@H]1O. The van der Waals surface area contributed by atoms with E-state index in [1.807, 2.05) is 6.07 Å². The zero-order valence-corrected chi connectivity index (χ0v) is 9.60. The molecule has 0 bridgehead atoms. The van der Waals surface area contributed by atoms with Crippen LogP contribution >= 0.6 is 0 Å². The van der Waals surface area contributed by atoms with E-state index in [-0.39, 0.29) is 12.4 Å². The third-order valence-corrected chi connectivity index (χ3v) is 3.40. The number of aliphatic hydroxyl groups excluding tert-OH is 2. The largest absolute Gasteiger partial charge is 0.396 e. The number of nitriles is 1. The van der Waals surface area contributed by atoms with Gasteiger partial charge in [0.05, 0.1) is 24.1 Å². The summed E-state index contributed by atoms with van der Waals surface area (Å²) in [7, 11) is 0. The fraction of sp³-hybridized carbons (Fsp3) is 0.545. The van der Waals surface area contributed by atoms with Crippen molar-refractivity contribution >= 4 is 5.82 Å². The van der Waals surface area contributed by atoms with Crippen molar-refractivity contribution in [3.8, 4) is 6.07 Å². The maximum absolute atomic E-state index is 11.7. The lowest BCUT2D eigenvalue weighted by atomic mass is 10.0. The fourth-order valence-electron chi connectivity index (χ4n) is 2.43. The number of nitrogens with two attached hydrogens (primary N) is 1. The van der Waals surface area contributed by atoms with Gasteiger partial charge < -0.3 is 15.9 Å². The molecule has 1 aromatic heterocycles. The van der Waals surface area contributed by atoms with Crippen molar-refractivity contribution in [1.29, 1.82) is 5.26 Å². The molecule has 0 radical (unpaired) electrons. The number of nitrogens with zero attached hydrogens (tertiary/aromatic N) is 3. The van der Waals surface area contributed by atoms with Crippen LogP contribution < -0.4 is 11.4 Å². The number of nitrogen functional groups attached to an aromatic ring is 1. The smallest absolute Gasteiger partial charge is 0.349 e. The summed E-state index contributed by atoms with van der Waals surface area (Å²) in [5, 5.41) is 28.1. The van der Waals surface area contributed by atoms with Gasteiger partial charge in [0.2, 0.25) is 0 Å². The summed E-state index contributed by atoms with van der Waals surface area (Å²) in [5.41, 5.74) is 4.85. The second kappa shape index (κ2) is 4.76. The Bertz CT molecular complexity index is 536. The van der Waals surface area contributed by atoms with Crippen LogP contribution in [-0.4, -0.2) is 32.5 Å². The molecule has 1 unspecified atom stereocenters. The molecule has 1 aliphatic rings. The number of anilines is 1. The Morgan fingerprint density at radius 2 is 2.39 bits per heavy atom. The average Bonchev–Trinajstić information content (AvgIpc) is 2.65. The van der Waals surface area contributed by atoms with E-state index in [9.17, 15) is 9.90 Å². The Balaban J connectivity index is 2.39. The molecule has 0 aliphatic heterocycles. The van der Waals surface area contributed by atoms with Crippen molar-refractivity contribution < 1.29 is 10.2 Å². The molecule has 96 valence electrons. The van der Waals surface area contributed by atoms with Crippen molar-refractivity contribution in [1.82, 2.24) is 9.55 Å². The van der Waals surface area contributed by atoms with E-state index in [2.05, 4.69) is 4.98 Å². The lowest BCUT2D eigenvalue weighted by Crippen LogP contribution is -2.31. The molecule has 1 fully saturated rings. The van der Waals surface area contributed by atoms with Gasteiger partial charge in [-0.2, -0.15) is 10.2 Å². The molecule has 4 atom stereocenters. The van der Waals surface area contributed by atoms with E-state index < -0.39 is 29.7 Å². The Morgan fingerprint density at radius 3 is 2.94 bits per heavy atom. The van der Waals surface area contributed by atoms with Gasteiger partial charge in [-0.05, 0) is 12.5 Å². The standard InChI is InChI=1S/C11H14N4O3/c12-4-7-8(3-6(5-16)10(7)17)15-2-1-9(13)14-11(15)18/h1-2,6-8,10,16-17H,3,5H2,(H2,13,14,18)/t6-,7-,8?,10-/m1/s1. The minimum absolute atomic E-state index is 0.113. The van der Waals surface area contributed by atoms with Crippen LogP contribution in [0, 0.1) is 23.2 Å². The Labute approximate surface area is 103 Å². The summed E-state index contributed by atoms with van der Waals surface area (Å²) in [4.78, 5) is 15.3. The first-order chi connectivity index (χ1) is 8.58. The average molecular weight is 250 g/mol. The minimum atomic E-state index is -0.936. The molecular weight excluding hydrogens is 236 g/mol. The molecular formula is C11H14N4O3. The molecule has 1 heterocycles. The van der Waals surface area contributed by atoms with Crippen LogP contribution in [0.2, 0.25) is 0 Å². The van der Waals surface area contributed by atoms with E-state index in [0.29, 0.717) is 6.42 Å². The fourth-order valence-corrected chi connectivity index (χ4v) is 2.43. The highest BCUT2D eigenvalue weighted by atomic mass is 16.3.